The first-order valence-electron chi connectivity index (χ1n) is 4.07. The maximum absolute atomic E-state index is 9.24. The number of pyridine rings is 1. The van der Waals surface area contributed by atoms with E-state index in [1.54, 1.807) is 30.6 Å². The van der Waals surface area contributed by atoms with Gasteiger partial charge >= 0.3 is 0 Å². The van der Waals surface area contributed by atoms with Gasteiger partial charge in [0.05, 0.1) is 5.02 Å². The van der Waals surface area contributed by atoms with Gasteiger partial charge in [-0.3, -0.25) is 4.98 Å². The fraction of sp³-hybridized carbons (Fsp3) is 0. The van der Waals surface area contributed by atoms with Crippen LogP contribution in [0.2, 0.25) is 5.02 Å². The molecule has 2 aromatic rings. The standard InChI is InChI=1S/C11H7ClNO/c12-10-6-8(3-4-11(10)14)9-2-1-5-13-7-9/h2-7,14H. The van der Waals surface area contributed by atoms with Gasteiger partial charge in [0.1, 0.15) is 5.75 Å². The molecule has 1 aromatic heterocycles. The smallest absolute Gasteiger partial charge is 0.134 e. The van der Waals surface area contributed by atoms with Crippen LogP contribution in [0.15, 0.2) is 36.7 Å². The molecule has 69 valence electrons. The summed E-state index contributed by atoms with van der Waals surface area (Å²) in [6.45, 7) is 0. The van der Waals surface area contributed by atoms with Gasteiger partial charge in [-0.05, 0) is 23.8 Å². The molecule has 0 saturated heterocycles. The van der Waals surface area contributed by atoms with Crippen LogP contribution in [0.1, 0.15) is 0 Å². The Kier molecular flexibility index (Phi) is 2.37. The van der Waals surface area contributed by atoms with E-state index in [0.29, 0.717) is 5.02 Å². The van der Waals surface area contributed by atoms with Gasteiger partial charge in [-0.15, -0.1) is 0 Å². The summed E-state index contributed by atoms with van der Waals surface area (Å²) in [7, 11) is 0. The molecule has 14 heavy (non-hydrogen) atoms. The number of phenols is 1. The van der Waals surface area contributed by atoms with E-state index in [1.165, 1.54) is 0 Å². The lowest BCUT2D eigenvalue weighted by molar-refractivity contribution is 0.475. The Balaban J connectivity index is 2.48. The average molecular weight is 205 g/mol. The van der Waals surface area contributed by atoms with Crippen molar-refractivity contribution >= 4 is 11.6 Å². The predicted molar refractivity (Wildman–Crippen MR) is 55.2 cm³/mol. The van der Waals surface area contributed by atoms with Crippen LogP contribution in [0.3, 0.4) is 0 Å². The summed E-state index contributed by atoms with van der Waals surface area (Å²) in [5.41, 5.74) is 1.84. The highest BCUT2D eigenvalue weighted by Gasteiger charge is 2.01. The second-order valence-electron chi connectivity index (χ2n) is 2.84. The summed E-state index contributed by atoms with van der Waals surface area (Å²) in [5, 5.41) is 9.57. The number of benzene rings is 1. The molecule has 0 aliphatic carbocycles. The summed E-state index contributed by atoms with van der Waals surface area (Å²) < 4.78 is 0. The molecule has 1 aromatic carbocycles. The van der Waals surface area contributed by atoms with Crippen molar-refractivity contribution in [2.75, 3.05) is 0 Å². The van der Waals surface area contributed by atoms with Crippen molar-refractivity contribution < 1.29 is 5.11 Å². The zero-order valence-corrected chi connectivity index (χ0v) is 7.99. The number of nitrogens with zero attached hydrogens (tertiary/aromatic N) is 1. The molecule has 0 amide bonds. The van der Waals surface area contributed by atoms with E-state index in [2.05, 4.69) is 11.1 Å². The lowest BCUT2D eigenvalue weighted by Crippen LogP contribution is -1.79. The highest BCUT2D eigenvalue weighted by molar-refractivity contribution is 6.32. The van der Waals surface area contributed by atoms with Gasteiger partial charge in [0.25, 0.3) is 0 Å². The number of phenolic OH excluding ortho intramolecular Hbond substituents is 1. The molecule has 1 heterocycles. The highest BCUT2D eigenvalue weighted by Crippen LogP contribution is 2.28. The summed E-state index contributed by atoms with van der Waals surface area (Å²) in [6, 6.07) is 9.73. The predicted octanol–water partition coefficient (Wildman–Crippen LogP) is 2.91. The van der Waals surface area contributed by atoms with Crippen LogP contribution in [0.25, 0.3) is 11.1 Å². The molecule has 0 saturated carbocycles. The molecule has 0 aliphatic rings. The largest absolute Gasteiger partial charge is 0.506 e. The monoisotopic (exact) mass is 204 g/mol. The van der Waals surface area contributed by atoms with E-state index >= 15 is 0 Å². The normalized spacial score (nSPS) is 10.1. The summed E-state index contributed by atoms with van der Waals surface area (Å²) in [5.74, 6) is 0.0864. The van der Waals surface area contributed by atoms with E-state index < -0.39 is 0 Å². The lowest BCUT2D eigenvalue weighted by atomic mass is 10.1. The summed E-state index contributed by atoms with van der Waals surface area (Å²) in [4.78, 5) is 3.95. The second kappa shape index (κ2) is 3.68. The first-order chi connectivity index (χ1) is 6.77. The number of aromatic hydroxyl groups is 1. The first kappa shape index (κ1) is 9.03. The average Bonchev–Trinajstić information content (AvgIpc) is 2.23. The van der Waals surface area contributed by atoms with Crippen molar-refractivity contribution in [3.63, 3.8) is 0 Å². The molecule has 0 spiro atoms. The molecule has 1 radical (unpaired) electrons. The van der Waals surface area contributed by atoms with Gasteiger partial charge in [-0.1, -0.05) is 17.7 Å². The topological polar surface area (TPSA) is 33.1 Å². The third-order valence-corrected chi connectivity index (χ3v) is 2.19. The SMILES string of the molecule is Oc1ccc(-c2c[c]cnc2)cc1Cl. The van der Waals surface area contributed by atoms with Crippen molar-refractivity contribution in [3.8, 4) is 16.9 Å². The van der Waals surface area contributed by atoms with Gasteiger partial charge in [0.2, 0.25) is 0 Å². The number of halogens is 1. The zero-order valence-electron chi connectivity index (χ0n) is 7.24. The molecular formula is C11H7ClNO. The van der Waals surface area contributed by atoms with Crippen molar-refractivity contribution in [1.29, 1.82) is 0 Å². The molecule has 0 atom stereocenters. The van der Waals surface area contributed by atoms with Crippen LogP contribution in [-0.2, 0) is 0 Å². The van der Waals surface area contributed by atoms with Crippen LogP contribution in [0.4, 0.5) is 0 Å². The maximum Gasteiger partial charge on any atom is 0.134 e. The minimum Gasteiger partial charge on any atom is -0.506 e. The fourth-order valence-electron chi connectivity index (χ4n) is 1.17. The van der Waals surface area contributed by atoms with E-state index in [0.717, 1.165) is 11.1 Å². The van der Waals surface area contributed by atoms with E-state index in [1.807, 2.05) is 6.07 Å². The number of rotatable bonds is 1. The van der Waals surface area contributed by atoms with Crippen molar-refractivity contribution in [2.24, 2.45) is 0 Å². The van der Waals surface area contributed by atoms with E-state index in [4.69, 9.17) is 11.6 Å². The molecule has 3 heteroatoms. The molecule has 0 aliphatic heterocycles. The second-order valence-corrected chi connectivity index (χ2v) is 3.25. The third-order valence-electron chi connectivity index (χ3n) is 1.88. The molecule has 2 nitrogen and oxygen atoms in total. The van der Waals surface area contributed by atoms with Gasteiger partial charge in [-0.25, -0.2) is 0 Å². The number of hydrogen-bond donors (Lipinski definition) is 1. The number of hydrogen-bond acceptors (Lipinski definition) is 2. The van der Waals surface area contributed by atoms with Crippen LogP contribution in [-0.4, -0.2) is 10.1 Å². The molecule has 1 N–H and O–H groups in total. The summed E-state index contributed by atoms with van der Waals surface area (Å²) in [6.07, 6.45) is 3.31. The molecule has 0 fully saturated rings. The Morgan fingerprint density at radius 3 is 2.79 bits per heavy atom. The van der Waals surface area contributed by atoms with Crippen molar-refractivity contribution in [2.45, 2.75) is 0 Å². The Hall–Kier alpha value is -1.54. The Morgan fingerprint density at radius 1 is 1.29 bits per heavy atom. The maximum atomic E-state index is 9.24. The van der Waals surface area contributed by atoms with Gasteiger partial charge < -0.3 is 5.11 Å². The van der Waals surface area contributed by atoms with Crippen molar-refractivity contribution in [1.82, 2.24) is 4.98 Å². The van der Waals surface area contributed by atoms with E-state index in [9.17, 15) is 5.11 Å². The quantitative estimate of drug-likeness (QED) is 0.775. The third kappa shape index (κ3) is 1.70. The van der Waals surface area contributed by atoms with Gasteiger partial charge in [0, 0.05) is 24.0 Å². The van der Waals surface area contributed by atoms with Crippen molar-refractivity contribution in [3.05, 3.63) is 47.7 Å². The minimum absolute atomic E-state index is 0.0864. The van der Waals surface area contributed by atoms with Gasteiger partial charge in [-0.2, -0.15) is 0 Å². The molecule has 2 rings (SSSR count). The Morgan fingerprint density at radius 2 is 2.14 bits per heavy atom. The number of aromatic nitrogens is 1. The van der Waals surface area contributed by atoms with Gasteiger partial charge in [0.15, 0.2) is 0 Å². The Labute approximate surface area is 86.8 Å². The van der Waals surface area contributed by atoms with Crippen LogP contribution >= 0.6 is 11.6 Å². The van der Waals surface area contributed by atoms with Crippen LogP contribution in [0.5, 0.6) is 5.75 Å². The molecular weight excluding hydrogens is 198 g/mol. The highest BCUT2D eigenvalue weighted by atomic mass is 35.5. The summed E-state index contributed by atoms with van der Waals surface area (Å²) >= 11 is 5.78. The minimum atomic E-state index is 0.0864. The first-order valence-corrected chi connectivity index (χ1v) is 4.45. The fourth-order valence-corrected chi connectivity index (χ4v) is 1.35. The van der Waals surface area contributed by atoms with E-state index in [-0.39, 0.29) is 5.75 Å². The van der Waals surface area contributed by atoms with Crippen LogP contribution in [0, 0.1) is 6.07 Å². The Bertz CT molecular complexity index is 442. The molecule has 0 unspecified atom stereocenters. The lowest BCUT2D eigenvalue weighted by Gasteiger charge is -2.02. The molecule has 0 bridgehead atoms. The zero-order chi connectivity index (χ0) is 9.97. The van der Waals surface area contributed by atoms with Crippen LogP contribution < -0.4 is 0 Å².